The third-order valence-corrected chi connectivity index (χ3v) is 7.52. The van der Waals surface area contributed by atoms with Crippen molar-refractivity contribution in [1.82, 2.24) is 4.98 Å². The molecule has 9 heteroatoms. The second kappa shape index (κ2) is 8.74. The van der Waals surface area contributed by atoms with Gasteiger partial charge in [-0.2, -0.15) is 4.98 Å². The number of hydrogen-bond acceptors (Lipinski definition) is 7. The van der Waals surface area contributed by atoms with Crippen LogP contribution in [0.3, 0.4) is 0 Å². The Kier molecular flexibility index (Phi) is 6.01. The zero-order valence-corrected chi connectivity index (χ0v) is 18.8. The molecule has 32 heavy (non-hydrogen) atoms. The van der Waals surface area contributed by atoms with Gasteiger partial charge in [-0.05, 0) is 48.9 Å². The summed E-state index contributed by atoms with van der Waals surface area (Å²) in [6.45, 7) is 5.48. The largest absolute Gasteiger partial charge is 0.419 e. The van der Waals surface area contributed by atoms with Crippen molar-refractivity contribution < 1.29 is 17.8 Å². The van der Waals surface area contributed by atoms with Crippen molar-refractivity contribution in [3.63, 3.8) is 0 Å². The van der Waals surface area contributed by atoms with Gasteiger partial charge in [-0.25, -0.2) is 8.42 Å². The van der Waals surface area contributed by atoms with Crippen LogP contribution >= 0.6 is 0 Å². The fourth-order valence-corrected chi connectivity index (χ4v) is 5.10. The van der Waals surface area contributed by atoms with Gasteiger partial charge < -0.3 is 9.32 Å². The molecular weight excluding hydrogens is 430 g/mol. The molecule has 1 aliphatic rings. The molecule has 0 amide bonds. The summed E-state index contributed by atoms with van der Waals surface area (Å²) in [6, 6.07) is 12.6. The molecular formula is C23H25N3O5S. The standard InChI is InChI=1S/C23H25N3O5S/c1-3-17-7-9-20(10-8-17)32(29,30)22-23(25-13-11-16(2)12-14-25)31-21(24-22)18-5-4-6-19(15-18)26(27)28/h4-10,15-16H,3,11-14H2,1-2H3. The fraction of sp³-hybridized carbons (Fsp3) is 0.348. The van der Waals surface area contributed by atoms with E-state index in [4.69, 9.17) is 4.42 Å². The van der Waals surface area contributed by atoms with E-state index in [9.17, 15) is 18.5 Å². The van der Waals surface area contributed by atoms with E-state index in [1.165, 1.54) is 18.2 Å². The summed E-state index contributed by atoms with van der Waals surface area (Å²) in [4.78, 5) is 17.1. The summed E-state index contributed by atoms with van der Waals surface area (Å²) in [5.74, 6) is 0.788. The zero-order valence-electron chi connectivity index (χ0n) is 18.0. The first-order valence-corrected chi connectivity index (χ1v) is 12.1. The van der Waals surface area contributed by atoms with Crippen LogP contribution in [-0.2, 0) is 16.3 Å². The average molecular weight is 456 g/mol. The molecule has 4 rings (SSSR count). The normalized spacial score (nSPS) is 15.1. The highest BCUT2D eigenvalue weighted by molar-refractivity contribution is 7.91. The molecule has 3 aromatic rings. The third-order valence-electron chi connectivity index (χ3n) is 5.85. The summed E-state index contributed by atoms with van der Waals surface area (Å²) in [5, 5.41) is 11.0. The molecule has 2 heterocycles. The Morgan fingerprint density at radius 2 is 1.84 bits per heavy atom. The van der Waals surface area contributed by atoms with Crippen molar-refractivity contribution in [2.45, 2.75) is 43.0 Å². The van der Waals surface area contributed by atoms with Gasteiger partial charge in [0.25, 0.3) is 5.69 Å². The lowest BCUT2D eigenvalue weighted by atomic mass is 9.99. The molecule has 0 saturated carbocycles. The number of non-ortho nitro benzene ring substituents is 1. The van der Waals surface area contributed by atoms with Gasteiger partial charge in [-0.1, -0.05) is 32.0 Å². The van der Waals surface area contributed by atoms with E-state index in [1.807, 2.05) is 11.8 Å². The lowest BCUT2D eigenvalue weighted by Gasteiger charge is -2.30. The Balaban J connectivity index is 1.82. The van der Waals surface area contributed by atoms with Gasteiger partial charge in [0.05, 0.1) is 9.82 Å². The molecule has 0 aliphatic carbocycles. The first-order chi connectivity index (χ1) is 15.3. The minimum Gasteiger partial charge on any atom is -0.419 e. The summed E-state index contributed by atoms with van der Waals surface area (Å²) in [7, 11) is -3.95. The van der Waals surface area contributed by atoms with Crippen LogP contribution in [-0.4, -0.2) is 31.4 Å². The molecule has 1 saturated heterocycles. The number of sulfone groups is 1. The van der Waals surface area contributed by atoms with Gasteiger partial charge in [-0.15, -0.1) is 0 Å². The molecule has 8 nitrogen and oxygen atoms in total. The number of nitrogens with zero attached hydrogens (tertiary/aromatic N) is 3. The first-order valence-electron chi connectivity index (χ1n) is 10.6. The van der Waals surface area contributed by atoms with E-state index < -0.39 is 14.8 Å². The SMILES string of the molecule is CCc1ccc(S(=O)(=O)c2nc(-c3cccc([N+](=O)[O-])c3)oc2N2CCC(C)CC2)cc1. The summed E-state index contributed by atoms with van der Waals surface area (Å²) >= 11 is 0. The van der Waals surface area contributed by atoms with Crippen molar-refractivity contribution in [1.29, 1.82) is 0 Å². The molecule has 0 radical (unpaired) electrons. The number of nitro groups is 1. The summed E-state index contributed by atoms with van der Waals surface area (Å²) < 4.78 is 33.0. The van der Waals surface area contributed by atoms with Gasteiger partial charge >= 0.3 is 0 Å². The molecule has 1 fully saturated rings. The van der Waals surface area contributed by atoms with E-state index >= 15 is 0 Å². The van der Waals surface area contributed by atoms with Crippen molar-refractivity contribution in [3.05, 3.63) is 64.2 Å². The maximum atomic E-state index is 13.5. The van der Waals surface area contributed by atoms with Crippen molar-refractivity contribution in [2.75, 3.05) is 18.0 Å². The number of piperidine rings is 1. The highest BCUT2D eigenvalue weighted by atomic mass is 32.2. The van der Waals surface area contributed by atoms with Crippen LogP contribution in [0.5, 0.6) is 0 Å². The number of aryl methyl sites for hydroxylation is 1. The minimum absolute atomic E-state index is 0.0473. The number of nitro benzene ring substituents is 1. The molecule has 0 N–H and O–H groups in total. The maximum Gasteiger partial charge on any atom is 0.270 e. The lowest BCUT2D eigenvalue weighted by Crippen LogP contribution is -2.33. The first kappa shape index (κ1) is 22.0. The van der Waals surface area contributed by atoms with Crippen LogP contribution in [0.25, 0.3) is 11.5 Å². The highest BCUT2D eigenvalue weighted by Gasteiger charge is 2.33. The van der Waals surface area contributed by atoms with Crippen LogP contribution in [0.1, 0.15) is 32.3 Å². The van der Waals surface area contributed by atoms with E-state index in [1.54, 1.807) is 30.3 Å². The van der Waals surface area contributed by atoms with Gasteiger partial charge in [0.2, 0.25) is 26.6 Å². The van der Waals surface area contributed by atoms with E-state index in [0.29, 0.717) is 24.6 Å². The smallest absolute Gasteiger partial charge is 0.270 e. The van der Waals surface area contributed by atoms with Crippen LogP contribution in [0, 0.1) is 16.0 Å². The predicted octanol–water partition coefficient (Wildman–Crippen LogP) is 4.88. The molecule has 1 aromatic heterocycles. The van der Waals surface area contributed by atoms with Crippen molar-refractivity contribution in [3.8, 4) is 11.5 Å². The van der Waals surface area contributed by atoms with E-state index in [2.05, 4.69) is 11.9 Å². The average Bonchev–Trinajstić information content (AvgIpc) is 3.26. The van der Waals surface area contributed by atoms with Gasteiger partial charge in [0.1, 0.15) is 0 Å². The number of aromatic nitrogens is 1. The second-order valence-corrected chi connectivity index (χ2v) is 9.97. The van der Waals surface area contributed by atoms with Crippen LogP contribution in [0.15, 0.2) is 62.9 Å². The monoisotopic (exact) mass is 455 g/mol. The zero-order chi connectivity index (χ0) is 22.9. The number of benzene rings is 2. The fourth-order valence-electron chi connectivity index (χ4n) is 3.78. The quantitative estimate of drug-likeness (QED) is 0.385. The van der Waals surface area contributed by atoms with E-state index in [0.717, 1.165) is 24.8 Å². The van der Waals surface area contributed by atoms with Crippen molar-refractivity contribution in [2.24, 2.45) is 5.92 Å². The second-order valence-electron chi connectivity index (χ2n) is 8.11. The van der Waals surface area contributed by atoms with Crippen LogP contribution in [0.4, 0.5) is 11.6 Å². The Morgan fingerprint density at radius 1 is 1.16 bits per heavy atom. The molecule has 0 spiro atoms. The van der Waals surface area contributed by atoms with Gasteiger partial charge in [0, 0.05) is 30.8 Å². The van der Waals surface area contributed by atoms with Crippen LogP contribution < -0.4 is 4.90 Å². The number of hydrogen-bond donors (Lipinski definition) is 0. The molecule has 168 valence electrons. The van der Waals surface area contributed by atoms with Crippen molar-refractivity contribution >= 4 is 21.4 Å². The Labute approximate surface area is 187 Å². The summed E-state index contributed by atoms with van der Waals surface area (Å²) in [6.07, 6.45) is 2.63. The topological polar surface area (TPSA) is 107 Å². The Hall–Kier alpha value is -3.20. The summed E-state index contributed by atoms with van der Waals surface area (Å²) in [5.41, 5.74) is 1.27. The third kappa shape index (κ3) is 4.25. The number of anilines is 1. The molecule has 0 atom stereocenters. The maximum absolute atomic E-state index is 13.5. The Bertz CT molecular complexity index is 1230. The molecule has 0 unspecified atom stereocenters. The molecule has 2 aromatic carbocycles. The Morgan fingerprint density at radius 3 is 2.47 bits per heavy atom. The lowest BCUT2D eigenvalue weighted by molar-refractivity contribution is -0.384. The number of rotatable bonds is 6. The minimum atomic E-state index is -3.95. The van der Waals surface area contributed by atoms with Gasteiger partial charge in [0.15, 0.2) is 0 Å². The highest BCUT2D eigenvalue weighted by Crippen LogP contribution is 2.37. The predicted molar refractivity (Wildman–Crippen MR) is 120 cm³/mol. The molecule has 1 aliphatic heterocycles. The molecule has 0 bridgehead atoms. The van der Waals surface area contributed by atoms with E-state index in [-0.39, 0.29) is 27.4 Å². The number of oxazole rings is 1. The van der Waals surface area contributed by atoms with Gasteiger partial charge in [-0.3, -0.25) is 10.1 Å². The van der Waals surface area contributed by atoms with Crippen LogP contribution in [0.2, 0.25) is 0 Å².